The molecule has 6 nitrogen and oxygen atoms in total. The molecule has 1 aliphatic rings. The highest BCUT2D eigenvalue weighted by Gasteiger charge is 2.96. The number of alkyl halides is 9. The molecule has 1 heterocycles. The van der Waals surface area contributed by atoms with Crippen LogP contribution in [0.3, 0.4) is 0 Å². The van der Waals surface area contributed by atoms with E-state index in [9.17, 15) is 54.4 Å². The lowest BCUT2D eigenvalue weighted by Gasteiger charge is -2.31. The molecule has 150 valence electrons. The Balaban J connectivity index is 2.41. The number of anilines is 1. The number of nitrogens with zero attached hydrogens (tertiary/aromatic N) is 1. The van der Waals surface area contributed by atoms with Gasteiger partial charge >= 0.3 is 35.6 Å². The molecule has 1 N–H and O–H groups in total. The molecule has 0 bridgehead atoms. The van der Waals surface area contributed by atoms with E-state index in [0.717, 1.165) is 17.4 Å². The van der Waals surface area contributed by atoms with E-state index in [0.29, 0.717) is 12.1 Å². The molecule has 1 aromatic rings. The zero-order valence-electron chi connectivity index (χ0n) is 12.3. The molecule has 0 radical (unpaired) electrons. The van der Waals surface area contributed by atoms with Crippen molar-refractivity contribution in [3.05, 3.63) is 34.4 Å². The van der Waals surface area contributed by atoms with Crippen molar-refractivity contribution in [3.63, 3.8) is 0 Å². The molecule has 1 fully saturated rings. The summed E-state index contributed by atoms with van der Waals surface area (Å²) < 4.78 is 122. The quantitative estimate of drug-likeness (QED) is 0.464. The first-order chi connectivity index (χ1) is 12.0. The minimum atomic E-state index is -6.81. The number of nitro groups is 1. The number of hydrogen-bond acceptors (Lipinski definition) is 4. The second-order valence-electron chi connectivity index (χ2n) is 5.20. The summed E-state index contributed by atoms with van der Waals surface area (Å²) in [6.45, 7) is 0. The van der Waals surface area contributed by atoms with Gasteiger partial charge in [-0.2, -0.15) is 39.5 Å². The number of carbonyl (C=O) groups excluding carboxylic acids is 1. The predicted octanol–water partition coefficient (Wildman–Crippen LogP) is 3.73. The number of non-ortho nitro benzene ring substituents is 1. The SMILES string of the molecule is O=C(Nc1cccc([N+](=O)[O-])c1)C(F)(F)C1(F)OC(F)(F)C(F)(F)C1(F)F. The first-order valence-electron chi connectivity index (χ1n) is 6.47. The van der Waals surface area contributed by atoms with Gasteiger partial charge in [-0.25, -0.2) is 0 Å². The van der Waals surface area contributed by atoms with E-state index in [4.69, 9.17) is 0 Å². The summed E-state index contributed by atoms with van der Waals surface area (Å²) in [6.07, 6.45) is -6.36. The molecule has 1 saturated heterocycles. The molecule has 1 aromatic carbocycles. The molecule has 27 heavy (non-hydrogen) atoms. The lowest BCUT2D eigenvalue weighted by Crippen LogP contribution is -2.63. The Kier molecular flexibility index (Phi) is 4.38. The molecule has 2 rings (SSSR count). The summed E-state index contributed by atoms with van der Waals surface area (Å²) >= 11 is 0. The molecule has 0 aromatic heterocycles. The van der Waals surface area contributed by atoms with Crippen molar-refractivity contribution in [2.45, 2.75) is 29.7 Å². The fourth-order valence-corrected chi connectivity index (χ4v) is 2.00. The van der Waals surface area contributed by atoms with Gasteiger partial charge in [-0.1, -0.05) is 6.07 Å². The van der Waals surface area contributed by atoms with E-state index in [1.807, 2.05) is 0 Å². The molecular weight excluding hydrogens is 407 g/mol. The lowest BCUT2D eigenvalue weighted by molar-refractivity contribution is -0.384. The molecular formula is C12H5F9N2O4. The molecule has 0 spiro atoms. The number of carbonyl (C=O) groups is 1. The van der Waals surface area contributed by atoms with Crippen LogP contribution in [0, 0.1) is 10.1 Å². The molecule has 1 atom stereocenters. The summed E-state index contributed by atoms with van der Waals surface area (Å²) in [4.78, 5) is 20.9. The third-order valence-electron chi connectivity index (χ3n) is 3.44. The van der Waals surface area contributed by atoms with Crippen LogP contribution in [0.2, 0.25) is 0 Å². The van der Waals surface area contributed by atoms with E-state index in [1.165, 1.54) is 0 Å². The number of halogens is 9. The van der Waals surface area contributed by atoms with Crippen LogP contribution in [0.1, 0.15) is 0 Å². The Morgan fingerprint density at radius 2 is 1.63 bits per heavy atom. The van der Waals surface area contributed by atoms with Crippen LogP contribution in [0.15, 0.2) is 24.3 Å². The Morgan fingerprint density at radius 1 is 1.07 bits per heavy atom. The van der Waals surface area contributed by atoms with E-state index in [1.54, 1.807) is 0 Å². The maximum absolute atomic E-state index is 14.0. The summed E-state index contributed by atoms with van der Waals surface area (Å²) in [7, 11) is 0. The highest BCUT2D eigenvalue weighted by atomic mass is 19.4. The van der Waals surface area contributed by atoms with Gasteiger partial charge in [0.25, 0.3) is 5.69 Å². The second-order valence-corrected chi connectivity index (χ2v) is 5.20. The average molecular weight is 412 g/mol. The third kappa shape index (κ3) is 2.67. The van der Waals surface area contributed by atoms with E-state index in [2.05, 4.69) is 4.74 Å². The summed E-state index contributed by atoms with van der Waals surface area (Å²) in [5.41, 5.74) is -1.65. The zero-order chi connectivity index (χ0) is 21.1. The fraction of sp³-hybridized carbons (Fsp3) is 0.417. The zero-order valence-corrected chi connectivity index (χ0v) is 12.3. The van der Waals surface area contributed by atoms with Crippen molar-refractivity contribution in [2.24, 2.45) is 0 Å². The van der Waals surface area contributed by atoms with Crippen LogP contribution in [-0.4, -0.2) is 40.6 Å². The number of rotatable bonds is 4. The first-order valence-corrected chi connectivity index (χ1v) is 6.47. The lowest BCUT2D eigenvalue weighted by atomic mass is 9.99. The number of nitrogens with one attached hydrogen (secondary N) is 1. The average Bonchev–Trinajstić information content (AvgIpc) is 2.62. The highest BCUT2D eigenvalue weighted by Crippen LogP contribution is 2.64. The molecule has 0 saturated carbocycles. The van der Waals surface area contributed by atoms with Gasteiger partial charge in [0.15, 0.2) is 0 Å². The van der Waals surface area contributed by atoms with Crippen molar-refractivity contribution >= 4 is 17.3 Å². The van der Waals surface area contributed by atoms with Crippen molar-refractivity contribution < 1.29 is 54.0 Å². The van der Waals surface area contributed by atoms with Crippen LogP contribution < -0.4 is 5.32 Å². The molecule has 1 aliphatic heterocycles. The Hall–Kier alpha value is -2.58. The predicted molar refractivity (Wildman–Crippen MR) is 66.4 cm³/mol. The van der Waals surface area contributed by atoms with Crippen molar-refractivity contribution in [3.8, 4) is 0 Å². The normalized spacial score (nSPS) is 25.8. The third-order valence-corrected chi connectivity index (χ3v) is 3.44. The van der Waals surface area contributed by atoms with E-state index in [-0.39, 0.29) is 0 Å². The Labute approximate surface area is 142 Å². The number of benzene rings is 1. The van der Waals surface area contributed by atoms with Gasteiger partial charge in [-0.15, -0.1) is 0 Å². The van der Waals surface area contributed by atoms with Crippen molar-refractivity contribution in [1.29, 1.82) is 0 Å². The van der Waals surface area contributed by atoms with Crippen LogP contribution in [0.5, 0.6) is 0 Å². The number of hydrogen-bond donors (Lipinski definition) is 1. The highest BCUT2D eigenvalue weighted by molar-refractivity contribution is 5.97. The van der Waals surface area contributed by atoms with Crippen LogP contribution >= 0.6 is 0 Å². The molecule has 1 unspecified atom stereocenters. The van der Waals surface area contributed by atoms with Crippen molar-refractivity contribution in [2.75, 3.05) is 5.32 Å². The number of nitro benzene ring substituents is 1. The van der Waals surface area contributed by atoms with Crippen molar-refractivity contribution in [1.82, 2.24) is 0 Å². The monoisotopic (exact) mass is 412 g/mol. The number of ether oxygens (including phenoxy) is 1. The van der Waals surface area contributed by atoms with Crippen LogP contribution in [-0.2, 0) is 9.53 Å². The first kappa shape index (κ1) is 20.7. The van der Waals surface area contributed by atoms with Gasteiger partial charge < -0.3 is 5.32 Å². The Morgan fingerprint density at radius 3 is 2.07 bits per heavy atom. The van der Waals surface area contributed by atoms with Crippen LogP contribution in [0.4, 0.5) is 50.9 Å². The molecule has 15 heteroatoms. The molecule has 0 aliphatic carbocycles. The smallest absolute Gasteiger partial charge is 0.320 e. The molecule has 1 amide bonds. The van der Waals surface area contributed by atoms with Gasteiger partial charge in [0.1, 0.15) is 0 Å². The van der Waals surface area contributed by atoms with Gasteiger partial charge in [-0.05, 0) is 6.07 Å². The topological polar surface area (TPSA) is 81.5 Å². The summed E-state index contributed by atoms with van der Waals surface area (Å²) in [5.74, 6) is -29.3. The Bertz CT molecular complexity index is 801. The largest absolute Gasteiger partial charge is 0.428 e. The summed E-state index contributed by atoms with van der Waals surface area (Å²) in [5, 5.41) is 11.6. The van der Waals surface area contributed by atoms with Gasteiger partial charge in [0, 0.05) is 17.8 Å². The standard InChI is InChI=1S/C12H5F9N2O4/c13-8(14,7(24)22-5-2-1-3-6(4-5)23(25)26)11(19)9(15,16)10(17,18)12(20,21)27-11/h1-4H,(H,22,24). The number of amides is 1. The maximum Gasteiger partial charge on any atom is 0.428 e. The maximum atomic E-state index is 14.0. The fourth-order valence-electron chi connectivity index (χ4n) is 2.00. The second kappa shape index (κ2) is 5.71. The van der Waals surface area contributed by atoms with E-state index >= 15 is 0 Å². The summed E-state index contributed by atoms with van der Waals surface area (Å²) in [6, 6.07) is 2.79. The van der Waals surface area contributed by atoms with Gasteiger partial charge in [0.2, 0.25) is 0 Å². The van der Waals surface area contributed by atoms with E-state index < -0.39 is 51.9 Å². The van der Waals surface area contributed by atoms with Gasteiger partial charge in [0.05, 0.1) is 4.92 Å². The van der Waals surface area contributed by atoms with Crippen LogP contribution in [0.25, 0.3) is 0 Å². The minimum Gasteiger partial charge on any atom is -0.320 e. The minimum absolute atomic E-state index is 0.426. The van der Waals surface area contributed by atoms with Gasteiger partial charge in [-0.3, -0.25) is 19.6 Å².